The Hall–Kier alpha value is -3.19. The molecule has 3 aromatic rings. The van der Waals surface area contributed by atoms with E-state index >= 15 is 0 Å². The molecule has 2 aromatic carbocycles. The van der Waals surface area contributed by atoms with Gasteiger partial charge in [0.25, 0.3) is 0 Å². The molecule has 2 aliphatic heterocycles. The number of aromatic nitrogens is 3. The first-order chi connectivity index (χ1) is 15.9. The summed E-state index contributed by atoms with van der Waals surface area (Å²) in [6.07, 6.45) is 4.89. The fraction of sp³-hybridized carbons (Fsp3) is 0.400. The number of para-hydroxylation sites is 2. The number of hydrogen-bond donors (Lipinski definition) is 0. The van der Waals surface area contributed by atoms with Gasteiger partial charge in [0.2, 0.25) is 17.8 Å². The van der Waals surface area contributed by atoms with E-state index in [1.54, 1.807) is 0 Å². The van der Waals surface area contributed by atoms with Crippen molar-refractivity contribution in [1.29, 1.82) is 0 Å². The summed E-state index contributed by atoms with van der Waals surface area (Å²) in [5.41, 5.74) is 2.05. The van der Waals surface area contributed by atoms with E-state index in [9.17, 15) is 0 Å². The van der Waals surface area contributed by atoms with Crippen LogP contribution in [0.3, 0.4) is 0 Å². The van der Waals surface area contributed by atoms with Crippen LogP contribution in [0, 0.1) is 0 Å². The van der Waals surface area contributed by atoms with Crippen molar-refractivity contribution in [2.45, 2.75) is 25.7 Å². The molecular weight excluding hydrogens is 400 g/mol. The highest BCUT2D eigenvalue weighted by Gasteiger charge is 2.23. The third-order valence-corrected chi connectivity index (χ3v) is 6.01. The minimum Gasteiger partial charge on any atom is -0.378 e. The van der Waals surface area contributed by atoms with E-state index in [1.165, 1.54) is 25.7 Å². The Morgan fingerprint density at radius 2 is 1.09 bits per heavy atom. The molecule has 0 unspecified atom stereocenters. The Morgan fingerprint density at radius 1 is 0.594 bits per heavy atom. The fourth-order valence-electron chi connectivity index (χ4n) is 4.29. The first-order valence-corrected chi connectivity index (χ1v) is 11.6. The van der Waals surface area contributed by atoms with Crippen molar-refractivity contribution in [3.05, 3.63) is 60.7 Å². The van der Waals surface area contributed by atoms with Crippen molar-refractivity contribution in [2.24, 2.45) is 0 Å². The monoisotopic (exact) mass is 430 g/mol. The van der Waals surface area contributed by atoms with Gasteiger partial charge in [-0.3, -0.25) is 4.90 Å². The second-order valence-corrected chi connectivity index (χ2v) is 8.24. The number of ether oxygens (including phenoxy) is 1. The maximum Gasteiger partial charge on any atom is 0.241 e. The molecule has 2 aliphatic rings. The van der Waals surface area contributed by atoms with Crippen LogP contribution in [0.4, 0.5) is 29.2 Å². The first kappa shape index (κ1) is 20.7. The highest BCUT2D eigenvalue weighted by Crippen LogP contribution is 2.33. The number of hydrogen-bond acceptors (Lipinski definition) is 7. The van der Waals surface area contributed by atoms with Crippen molar-refractivity contribution >= 4 is 29.2 Å². The third kappa shape index (κ3) is 4.67. The van der Waals surface area contributed by atoms with Gasteiger partial charge >= 0.3 is 0 Å². The fourth-order valence-corrected chi connectivity index (χ4v) is 4.29. The van der Waals surface area contributed by atoms with Gasteiger partial charge in [-0.1, -0.05) is 49.2 Å². The zero-order chi connectivity index (χ0) is 21.6. The highest BCUT2D eigenvalue weighted by atomic mass is 16.5. The van der Waals surface area contributed by atoms with Crippen LogP contribution in [0.5, 0.6) is 0 Å². The molecule has 0 bridgehead atoms. The van der Waals surface area contributed by atoms with Gasteiger partial charge in [0, 0.05) is 37.6 Å². The van der Waals surface area contributed by atoms with Crippen molar-refractivity contribution in [1.82, 2.24) is 15.0 Å². The van der Waals surface area contributed by atoms with Gasteiger partial charge in [0.05, 0.1) is 13.2 Å². The molecule has 32 heavy (non-hydrogen) atoms. The second kappa shape index (κ2) is 9.96. The van der Waals surface area contributed by atoms with Crippen LogP contribution in [0.2, 0.25) is 0 Å². The van der Waals surface area contributed by atoms with Gasteiger partial charge in [-0.2, -0.15) is 15.0 Å². The quantitative estimate of drug-likeness (QED) is 0.588. The number of benzene rings is 2. The average molecular weight is 431 g/mol. The van der Waals surface area contributed by atoms with E-state index in [1.807, 2.05) is 36.4 Å². The maximum atomic E-state index is 5.57. The van der Waals surface area contributed by atoms with Crippen molar-refractivity contribution in [3.8, 4) is 0 Å². The van der Waals surface area contributed by atoms with Gasteiger partial charge in [-0.15, -0.1) is 0 Å². The van der Waals surface area contributed by atoms with Crippen molar-refractivity contribution < 1.29 is 4.74 Å². The summed E-state index contributed by atoms with van der Waals surface area (Å²) in [4.78, 5) is 21.6. The summed E-state index contributed by atoms with van der Waals surface area (Å²) in [6, 6.07) is 20.6. The van der Waals surface area contributed by atoms with Gasteiger partial charge in [-0.25, -0.2) is 0 Å². The van der Waals surface area contributed by atoms with Crippen LogP contribution in [0.1, 0.15) is 25.7 Å². The number of nitrogens with zero attached hydrogens (tertiary/aromatic N) is 6. The summed E-state index contributed by atoms with van der Waals surface area (Å²) in [6.45, 7) is 4.95. The van der Waals surface area contributed by atoms with Crippen LogP contribution in [0.25, 0.3) is 0 Å². The second-order valence-electron chi connectivity index (χ2n) is 8.24. The molecule has 5 rings (SSSR count). The van der Waals surface area contributed by atoms with Crippen LogP contribution in [0.15, 0.2) is 60.7 Å². The predicted octanol–water partition coefficient (Wildman–Crippen LogP) is 4.56. The first-order valence-electron chi connectivity index (χ1n) is 11.6. The minimum atomic E-state index is 0.651. The van der Waals surface area contributed by atoms with Gasteiger partial charge in [0.1, 0.15) is 0 Å². The molecule has 2 saturated heterocycles. The summed E-state index contributed by atoms with van der Waals surface area (Å²) in [7, 11) is 0. The van der Waals surface area contributed by atoms with Crippen LogP contribution >= 0.6 is 0 Å². The van der Waals surface area contributed by atoms with E-state index in [4.69, 9.17) is 19.7 Å². The topological polar surface area (TPSA) is 57.6 Å². The summed E-state index contributed by atoms with van der Waals surface area (Å²) < 4.78 is 5.57. The molecule has 2 fully saturated rings. The Bertz CT molecular complexity index is 946. The minimum absolute atomic E-state index is 0.651. The molecule has 0 amide bonds. The van der Waals surface area contributed by atoms with E-state index < -0.39 is 0 Å². The van der Waals surface area contributed by atoms with E-state index in [2.05, 4.69) is 39.0 Å². The summed E-state index contributed by atoms with van der Waals surface area (Å²) in [5.74, 6) is 2.16. The van der Waals surface area contributed by atoms with Crippen LogP contribution in [-0.4, -0.2) is 54.3 Å². The number of anilines is 5. The van der Waals surface area contributed by atoms with Crippen LogP contribution in [-0.2, 0) is 4.74 Å². The van der Waals surface area contributed by atoms with E-state index in [0.29, 0.717) is 19.2 Å². The standard InChI is InChI=1S/C25H30N6O/c1-2-10-16-29(15-9-1)23-26-24(30-17-19-32-20-18-30)28-25(27-23)31(21-11-5-3-6-12-21)22-13-7-4-8-14-22/h3-8,11-14H,1-2,9-10,15-20H2. The Balaban J connectivity index is 1.62. The molecule has 0 aliphatic carbocycles. The largest absolute Gasteiger partial charge is 0.378 e. The maximum absolute atomic E-state index is 5.57. The average Bonchev–Trinajstić information content (AvgIpc) is 3.16. The Labute approximate surface area is 189 Å². The molecule has 0 N–H and O–H groups in total. The summed E-state index contributed by atoms with van der Waals surface area (Å²) >= 11 is 0. The predicted molar refractivity (Wildman–Crippen MR) is 128 cm³/mol. The molecule has 0 radical (unpaired) electrons. The van der Waals surface area contributed by atoms with Crippen LogP contribution < -0.4 is 14.7 Å². The lowest BCUT2D eigenvalue weighted by molar-refractivity contribution is 0.122. The lowest BCUT2D eigenvalue weighted by atomic mass is 10.2. The van der Waals surface area contributed by atoms with Gasteiger partial charge in [-0.05, 0) is 37.1 Å². The number of rotatable bonds is 5. The van der Waals surface area contributed by atoms with E-state index in [0.717, 1.165) is 49.5 Å². The van der Waals surface area contributed by atoms with Crippen molar-refractivity contribution in [2.75, 3.05) is 54.1 Å². The molecule has 166 valence electrons. The highest BCUT2D eigenvalue weighted by molar-refractivity contribution is 5.73. The molecule has 0 atom stereocenters. The Morgan fingerprint density at radius 3 is 1.62 bits per heavy atom. The lowest BCUT2D eigenvalue weighted by Gasteiger charge is -2.30. The normalized spacial score (nSPS) is 17.1. The van der Waals surface area contributed by atoms with E-state index in [-0.39, 0.29) is 0 Å². The molecule has 0 spiro atoms. The van der Waals surface area contributed by atoms with Gasteiger partial charge < -0.3 is 14.5 Å². The summed E-state index contributed by atoms with van der Waals surface area (Å²) in [5, 5.41) is 0. The SMILES string of the molecule is c1ccc(N(c2ccccc2)c2nc(N3CCCCCC3)nc(N3CCOCC3)n2)cc1. The number of morpholine rings is 1. The molecule has 3 heterocycles. The lowest BCUT2D eigenvalue weighted by Crippen LogP contribution is -2.38. The zero-order valence-electron chi connectivity index (χ0n) is 18.4. The van der Waals surface area contributed by atoms with Crippen molar-refractivity contribution in [3.63, 3.8) is 0 Å². The smallest absolute Gasteiger partial charge is 0.241 e. The zero-order valence-corrected chi connectivity index (χ0v) is 18.4. The molecule has 7 nitrogen and oxygen atoms in total. The Kier molecular flexibility index (Phi) is 6.44. The molecule has 1 aromatic heterocycles. The van der Waals surface area contributed by atoms with Gasteiger partial charge in [0.15, 0.2) is 0 Å². The third-order valence-electron chi connectivity index (χ3n) is 6.01. The molecular formula is C25H30N6O. The molecule has 7 heteroatoms. The molecule has 0 saturated carbocycles.